The Morgan fingerprint density at radius 2 is 1.70 bits per heavy atom. The van der Waals surface area contributed by atoms with Crippen molar-refractivity contribution in [1.29, 1.82) is 0 Å². The average molecular weight is 631 g/mol. The molecule has 2 saturated heterocycles. The Hall–Kier alpha value is -3.80. The quantitative estimate of drug-likeness (QED) is 0.141. The number of hydrogen-bond donors (Lipinski definition) is 7. The first-order valence-corrected chi connectivity index (χ1v) is 15.2. The van der Waals surface area contributed by atoms with Crippen molar-refractivity contribution < 1.29 is 13.5 Å². The standard InChI is InChI=1S/C26H34N12O3S.ClH/c27-11-22-23(39)7-8-38(22)26-33-24(32-25(34-26)37-13-16(28)9-17(29)14-37)31-18-3-5-20(6-4-18)42(40,41)36-19-2-1-15-12-30-35-21(15)10-19;/h1-6,10,12,16-17,22-23,36,39H,7-9,11,13-14,27-29H2,(H,30,35)(H,31,32,33,34);1H/t16-,17+,22-,23-;/m1./s1. The van der Waals surface area contributed by atoms with Gasteiger partial charge in [0, 0.05) is 49.3 Å². The molecule has 0 saturated carbocycles. The molecule has 6 rings (SSSR count). The fourth-order valence-electron chi connectivity index (χ4n) is 5.45. The van der Waals surface area contributed by atoms with E-state index >= 15 is 0 Å². The molecule has 230 valence electrons. The molecule has 0 amide bonds. The average Bonchev–Trinajstić information content (AvgIpc) is 3.58. The van der Waals surface area contributed by atoms with Crippen molar-refractivity contribution in [1.82, 2.24) is 25.1 Å². The van der Waals surface area contributed by atoms with E-state index in [9.17, 15) is 13.5 Å². The maximum absolute atomic E-state index is 13.0. The Balaban J connectivity index is 0.00000368. The molecule has 2 fully saturated rings. The van der Waals surface area contributed by atoms with Crippen molar-refractivity contribution in [2.75, 3.05) is 46.0 Å². The van der Waals surface area contributed by atoms with E-state index < -0.39 is 16.1 Å². The number of anilines is 5. The van der Waals surface area contributed by atoms with Crippen LogP contribution in [0.3, 0.4) is 0 Å². The molecule has 4 atom stereocenters. The molecule has 2 aliphatic heterocycles. The van der Waals surface area contributed by atoms with E-state index in [0.29, 0.717) is 55.7 Å². The van der Waals surface area contributed by atoms with Crippen LogP contribution in [0.25, 0.3) is 10.9 Å². The molecule has 2 aliphatic rings. The third-order valence-electron chi connectivity index (χ3n) is 7.53. The van der Waals surface area contributed by atoms with Gasteiger partial charge in [-0.2, -0.15) is 20.1 Å². The van der Waals surface area contributed by atoms with Gasteiger partial charge in [-0.05, 0) is 55.3 Å². The monoisotopic (exact) mass is 630 g/mol. The SMILES string of the molecule is Cl.NC[C@@H]1[C@H](O)CCN1c1nc(Nc2ccc(S(=O)(=O)Nc3ccc4cn[nH]c4c3)cc2)nc(N2C[C@H](N)C[C@H](N)C2)n1. The zero-order valence-electron chi connectivity index (χ0n) is 23.2. The number of aliphatic hydroxyl groups excluding tert-OH is 1. The zero-order valence-corrected chi connectivity index (χ0v) is 24.8. The van der Waals surface area contributed by atoms with Crippen molar-refractivity contribution in [2.24, 2.45) is 17.2 Å². The second kappa shape index (κ2) is 12.4. The van der Waals surface area contributed by atoms with Crippen LogP contribution in [0.2, 0.25) is 0 Å². The minimum atomic E-state index is -3.84. The Morgan fingerprint density at radius 3 is 2.42 bits per heavy atom. The molecule has 4 aromatic rings. The van der Waals surface area contributed by atoms with Crippen LogP contribution < -0.4 is 37.0 Å². The predicted octanol–water partition coefficient (Wildman–Crippen LogP) is 0.477. The van der Waals surface area contributed by atoms with E-state index in [1.165, 1.54) is 12.1 Å². The van der Waals surface area contributed by atoms with Crippen LogP contribution in [0.4, 0.5) is 29.2 Å². The normalized spacial score (nSPS) is 22.4. The van der Waals surface area contributed by atoms with Gasteiger partial charge in [-0.3, -0.25) is 9.82 Å². The number of aliphatic hydroxyl groups is 1. The summed E-state index contributed by atoms with van der Waals surface area (Å²) >= 11 is 0. The highest BCUT2D eigenvalue weighted by atomic mass is 35.5. The number of fused-ring (bicyclic) bond motifs is 1. The molecule has 0 aliphatic carbocycles. The third-order valence-corrected chi connectivity index (χ3v) is 8.93. The maximum atomic E-state index is 13.0. The van der Waals surface area contributed by atoms with Crippen LogP contribution >= 0.6 is 12.4 Å². The molecule has 10 N–H and O–H groups in total. The smallest absolute Gasteiger partial charge is 0.261 e. The Labute approximate surface area is 254 Å². The number of benzene rings is 2. The summed E-state index contributed by atoms with van der Waals surface area (Å²) in [6, 6.07) is 10.8. The molecule has 15 nitrogen and oxygen atoms in total. The molecule has 2 aromatic carbocycles. The van der Waals surface area contributed by atoms with Crippen LogP contribution in [0.15, 0.2) is 53.6 Å². The second-order valence-corrected chi connectivity index (χ2v) is 12.4. The fraction of sp³-hybridized carbons (Fsp3) is 0.385. The molecular weight excluding hydrogens is 596 g/mol. The summed E-state index contributed by atoms with van der Waals surface area (Å²) in [5.41, 5.74) is 20.1. The van der Waals surface area contributed by atoms with Gasteiger partial charge in [-0.1, -0.05) is 0 Å². The number of aromatic amines is 1. The van der Waals surface area contributed by atoms with Gasteiger partial charge < -0.3 is 37.4 Å². The van der Waals surface area contributed by atoms with E-state index in [0.717, 1.165) is 10.9 Å². The summed E-state index contributed by atoms with van der Waals surface area (Å²) < 4.78 is 28.7. The van der Waals surface area contributed by atoms with Gasteiger partial charge in [0.25, 0.3) is 10.0 Å². The largest absolute Gasteiger partial charge is 0.391 e. The Kier molecular flexibility index (Phi) is 8.86. The number of rotatable bonds is 8. The van der Waals surface area contributed by atoms with Crippen molar-refractivity contribution >= 4 is 62.6 Å². The summed E-state index contributed by atoms with van der Waals surface area (Å²) in [5, 5.41) is 21.3. The first-order chi connectivity index (χ1) is 20.2. The van der Waals surface area contributed by atoms with Crippen molar-refractivity contribution in [2.45, 2.75) is 42.0 Å². The van der Waals surface area contributed by atoms with E-state index in [2.05, 4.69) is 30.2 Å². The lowest BCUT2D eigenvalue weighted by molar-refractivity contribution is 0.166. The zero-order chi connectivity index (χ0) is 29.4. The molecule has 43 heavy (non-hydrogen) atoms. The van der Waals surface area contributed by atoms with Gasteiger partial charge in [0.05, 0.1) is 34.4 Å². The summed E-state index contributed by atoms with van der Waals surface area (Å²) in [4.78, 5) is 17.9. The number of nitrogens with one attached hydrogen (secondary N) is 3. The van der Waals surface area contributed by atoms with Gasteiger partial charge in [-0.15, -0.1) is 12.4 Å². The number of nitrogens with two attached hydrogens (primary N) is 3. The van der Waals surface area contributed by atoms with Crippen LogP contribution in [0.1, 0.15) is 12.8 Å². The highest BCUT2D eigenvalue weighted by molar-refractivity contribution is 7.92. The number of halogens is 1. The maximum Gasteiger partial charge on any atom is 0.261 e. The minimum Gasteiger partial charge on any atom is -0.391 e. The van der Waals surface area contributed by atoms with Crippen molar-refractivity contribution in [3.05, 3.63) is 48.7 Å². The number of sulfonamides is 1. The second-order valence-electron chi connectivity index (χ2n) is 10.7. The predicted molar refractivity (Wildman–Crippen MR) is 167 cm³/mol. The van der Waals surface area contributed by atoms with Crippen LogP contribution in [-0.4, -0.2) is 89.1 Å². The van der Waals surface area contributed by atoms with Gasteiger partial charge in [0.1, 0.15) is 0 Å². The van der Waals surface area contributed by atoms with Gasteiger partial charge in [-0.25, -0.2) is 8.42 Å². The van der Waals surface area contributed by atoms with E-state index in [1.807, 2.05) is 9.80 Å². The number of aromatic nitrogens is 5. The fourth-order valence-corrected chi connectivity index (χ4v) is 6.50. The number of hydrogen-bond acceptors (Lipinski definition) is 13. The van der Waals surface area contributed by atoms with E-state index in [4.69, 9.17) is 22.2 Å². The molecule has 0 bridgehead atoms. The van der Waals surface area contributed by atoms with Crippen molar-refractivity contribution in [3.8, 4) is 0 Å². The Bertz CT molecular complexity index is 1660. The third kappa shape index (κ3) is 6.58. The lowest BCUT2D eigenvalue weighted by Crippen LogP contribution is -2.53. The summed E-state index contributed by atoms with van der Waals surface area (Å²) in [5.74, 6) is 1.03. The molecule has 0 unspecified atom stereocenters. The highest BCUT2D eigenvalue weighted by Gasteiger charge is 2.35. The molecule has 2 aromatic heterocycles. The molecule has 0 spiro atoms. The van der Waals surface area contributed by atoms with Crippen LogP contribution in [0.5, 0.6) is 0 Å². The first kappa shape index (κ1) is 30.7. The number of H-pyrrole nitrogens is 1. The molecular formula is C26H35ClN12O3S. The van der Waals surface area contributed by atoms with Crippen LogP contribution in [0, 0.1) is 0 Å². The highest BCUT2D eigenvalue weighted by Crippen LogP contribution is 2.28. The van der Waals surface area contributed by atoms with Gasteiger partial charge in [0.15, 0.2) is 0 Å². The number of nitrogens with zero attached hydrogens (tertiary/aromatic N) is 6. The van der Waals surface area contributed by atoms with E-state index in [1.54, 1.807) is 36.5 Å². The number of piperidine rings is 1. The van der Waals surface area contributed by atoms with E-state index in [-0.39, 0.29) is 47.9 Å². The summed E-state index contributed by atoms with van der Waals surface area (Å²) in [6.45, 7) is 1.85. The summed E-state index contributed by atoms with van der Waals surface area (Å²) in [7, 11) is -3.84. The Morgan fingerprint density at radius 1 is 1.00 bits per heavy atom. The molecule has 0 radical (unpaired) electrons. The topological polar surface area (TPSA) is 230 Å². The lowest BCUT2D eigenvalue weighted by atomic mass is 10.0. The van der Waals surface area contributed by atoms with Crippen LogP contribution in [-0.2, 0) is 10.0 Å². The van der Waals surface area contributed by atoms with Crippen molar-refractivity contribution in [3.63, 3.8) is 0 Å². The van der Waals surface area contributed by atoms with Gasteiger partial charge >= 0.3 is 0 Å². The lowest BCUT2D eigenvalue weighted by Gasteiger charge is -2.35. The first-order valence-electron chi connectivity index (χ1n) is 13.7. The summed E-state index contributed by atoms with van der Waals surface area (Å²) in [6.07, 6.45) is 2.33. The minimum absolute atomic E-state index is 0. The van der Waals surface area contributed by atoms with Gasteiger partial charge in [0.2, 0.25) is 17.8 Å². The molecule has 4 heterocycles. The molecule has 17 heteroatoms.